The minimum atomic E-state index is -0.468. The molecule has 0 bridgehead atoms. The number of benzene rings is 2. The number of rotatable bonds is 8. The van der Waals surface area contributed by atoms with Crippen LogP contribution in [0.4, 0.5) is 4.39 Å². The van der Waals surface area contributed by atoms with E-state index < -0.39 is 11.5 Å². The van der Waals surface area contributed by atoms with Gasteiger partial charge in [0, 0.05) is 18.2 Å². The summed E-state index contributed by atoms with van der Waals surface area (Å²) in [6, 6.07) is 21.2. The fraction of sp³-hybridized carbons (Fsp3) is 0.333. The van der Waals surface area contributed by atoms with E-state index >= 15 is 0 Å². The minimum Gasteiger partial charge on any atom is -0.492 e. The lowest BCUT2D eigenvalue weighted by atomic mass is 9.79. The van der Waals surface area contributed by atoms with Crippen molar-refractivity contribution in [3.8, 4) is 5.75 Å². The topological polar surface area (TPSA) is 54.5 Å². The van der Waals surface area contributed by atoms with Crippen molar-refractivity contribution in [3.63, 3.8) is 0 Å². The first-order chi connectivity index (χ1) is 16.0. The average molecular weight is 448 g/mol. The van der Waals surface area contributed by atoms with Crippen LogP contribution in [0.5, 0.6) is 5.75 Å². The van der Waals surface area contributed by atoms with Gasteiger partial charge >= 0.3 is 0 Å². The minimum absolute atomic E-state index is 0.00247. The molecule has 5 nitrogen and oxygen atoms in total. The molecule has 1 aliphatic heterocycles. The zero-order valence-electron chi connectivity index (χ0n) is 18.9. The van der Waals surface area contributed by atoms with Crippen LogP contribution in [-0.4, -0.2) is 42.0 Å². The lowest BCUT2D eigenvalue weighted by Gasteiger charge is -2.39. The normalized spacial score (nSPS) is 16.7. The summed E-state index contributed by atoms with van der Waals surface area (Å²) < 4.78 is 19.3. The number of para-hydroxylation sites is 1. The highest BCUT2D eigenvalue weighted by Gasteiger charge is 2.38. The Balaban J connectivity index is 1.35. The highest BCUT2D eigenvalue weighted by Crippen LogP contribution is 2.33. The molecule has 6 heteroatoms. The highest BCUT2D eigenvalue weighted by molar-refractivity contribution is 5.83. The molecule has 0 spiro atoms. The van der Waals surface area contributed by atoms with Crippen LogP contribution in [0, 0.1) is 11.2 Å². The van der Waals surface area contributed by atoms with Crippen molar-refractivity contribution in [2.75, 3.05) is 26.2 Å². The van der Waals surface area contributed by atoms with Gasteiger partial charge in [0.05, 0.1) is 11.7 Å². The monoisotopic (exact) mass is 447 g/mol. The van der Waals surface area contributed by atoms with Crippen LogP contribution in [0.15, 0.2) is 79.0 Å². The summed E-state index contributed by atoms with van der Waals surface area (Å²) in [4.78, 5) is 20.2. The highest BCUT2D eigenvalue weighted by atomic mass is 19.1. The Morgan fingerprint density at radius 1 is 1.06 bits per heavy atom. The number of aromatic nitrogens is 1. The van der Waals surface area contributed by atoms with Crippen molar-refractivity contribution < 1.29 is 13.9 Å². The molecule has 1 aliphatic rings. The van der Waals surface area contributed by atoms with Gasteiger partial charge in [-0.1, -0.05) is 43.3 Å². The quantitative estimate of drug-likeness (QED) is 0.548. The molecule has 172 valence electrons. The van der Waals surface area contributed by atoms with Crippen molar-refractivity contribution >= 4 is 5.91 Å². The zero-order valence-corrected chi connectivity index (χ0v) is 18.9. The van der Waals surface area contributed by atoms with Gasteiger partial charge in [-0.25, -0.2) is 4.39 Å². The summed E-state index contributed by atoms with van der Waals surface area (Å²) in [5.41, 5.74) is 1.07. The molecule has 3 aromatic rings. The molecule has 2 aromatic carbocycles. The molecule has 0 saturated carbocycles. The Morgan fingerprint density at radius 2 is 1.76 bits per heavy atom. The van der Waals surface area contributed by atoms with E-state index in [2.05, 4.69) is 15.2 Å². The van der Waals surface area contributed by atoms with Crippen molar-refractivity contribution in [1.82, 2.24) is 15.2 Å². The van der Waals surface area contributed by atoms with Gasteiger partial charge in [-0.3, -0.25) is 14.7 Å². The molecule has 1 N–H and O–H groups in total. The number of piperidine rings is 1. The smallest absolute Gasteiger partial charge is 0.226 e. The fourth-order valence-electron chi connectivity index (χ4n) is 4.14. The third-order valence-corrected chi connectivity index (χ3v) is 6.39. The van der Waals surface area contributed by atoms with Crippen molar-refractivity contribution in [2.45, 2.75) is 25.8 Å². The molecule has 0 unspecified atom stereocenters. The Kier molecular flexibility index (Phi) is 7.35. The van der Waals surface area contributed by atoms with Crippen LogP contribution in [0.2, 0.25) is 0 Å². The summed E-state index contributed by atoms with van der Waals surface area (Å²) in [7, 11) is 0. The van der Waals surface area contributed by atoms with E-state index in [1.807, 2.05) is 55.5 Å². The summed E-state index contributed by atoms with van der Waals surface area (Å²) in [6.45, 7) is 5.16. The van der Waals surface area contributed by atoms with Gasteiger partial charge in [0.15, 0.2) is 0 Å². The van der Waals surface area contributed by atoms with Gasteiger partial charge in [0.1, 0.15) is 18.2 Å². The van der Waals surface area contributed by atoms with E-state index in [0.717, 1.165) is 49.5 Å². The Hall–Kier alpha value is -3.25. The number of nitrogens with one attached hydrogen (secondary N) is 1. The predicted octanol–water partition coefficient (Wildman–Crippen LogP) is 4.61. The molecule has 1 aromatic heterocycles. The van der Waals surface area contributed by atoms with Gasteiger partial charge in [-0.2, -0.15) is 0 Å². The van der Waals surface area contributed by atoms with E-state index in [-0.39, 0.29) is 11.7 Å². The van der Waals surface area contributed by atoms with E-state index in [0.29, 0.717) is 6.61 Å². The van der Waals surface area contributed by atoms with E-state index in [1.165, 1.54) is 12.1 Å². The number of carbonyl (C=O) groups excluding carboxylic acids is 1. The van der Waals surface area contributed by atoms with Crippen molar-refractivity contribution in [3.05, 3.63) is 96.1 Å². The number of hydrogen-bond donors (Lipinski definition) is 1. The van der Waals surface area contributed by atoms with E-state index in [1.54, 1.807) is 18.3 Å². The molecule has 33 heavy (non-hydrogen) atoms. The van der Waals surface area contributed by atoms with Crippen LogP contribution in [0.3, 0.4) is 0 Å². The van der Waals surface area contributed by atoms with Gasteiger partial charge in [0.25, 0.3) is 0 Å². The van der Waals surface area contributed by atoms with Crippen LogP contribution in [0.1, 0.15) is 37.1 Å². The number of likely N-dealkylation sites (tertiary alicyclic amines) is 1. The number of hydrogen-bond acceptors (Lipinski definition) is 4. The number of nitrogens with zero attached hydrogens (tertiary/aromatic N) is 2. The summed E-state index contributed by atoms with van der Waals surface area (Å²) >= 11 is 0. The molecule has 1 fully saturated rings. The first kappa shape index (κ1) is 22.9. The Morgan fingerprint density at radius 3 is 2.42 bits per heavy atom. The standard InChI is InChI=1S/C27H30FN3O2/c1-27(14-17-31(18-15-27)19-20-33-23-7-3-2-4-8-23)26(32)30-25(24-9-5-6-16-29-24)21-10-12-22(28)13-11-21/h2-13,16,25H,14-15,17-20H2,1H3,(H,30,32)/t25-/m0/s1. The third kappa shape index (κ3) is 5.96. The van der Waals surface area contributed by atoms with Gasteiger partial charge in [0.2, 0.25) is 5.91 Å². The van der Waals surface area contributed by atoms with E-state index in [9.17, 15) is 9.18 Å². The molecular formula is C27H30FN3O2. The summed E-state index contributed by atoms with van der Waals surface area (Å²) in [5, 5.41) is 3.19. The van der Waals surface area contributed by atoms with Crippen molar-refractivity contribution in [2.24, 2.45) is 5.41 Å². The van der Waals surface area contributed by atoms with Crippen LogP contribution in [-0.2, 0) is 4.79 Å². The van der Waals surface area contributed by atoms with Crippen LogP contribution < -0.4 is 10.1 Å². The largest absolute Gasteiger partial charge is 0.492 e. The number of amides is 1. The van der Waals surface area contributed by atoms with Crippen LogP contribution in [0.25, 0.3) is 0 Å². The number of carbonyl (C=O) groups is 1. The SMILES string of the molecule is CC1(C(=O)N[C@@H](c2ccc(F)cc2)c2ccccn2)CCN(CCOc2ccccc2)CC1. The van der Waals surface area contributed by atoms with Crippen LogP contribution >= 0.6 is 0 Å². The summed E-state index contributed by atoms with van der Waals surface area (Å²) in [5.74, 6) is 0.572. The number of halogens is 1. The molecule has 0 aliphatic carbocycles. The maximum Gasteiger partial charge on any atom is 0.226 e. The molecule has 1 atom stereocenters. The maximum absolute atomic E-state index is 13.5. The number of pyridine rings is 1. The van der Waals surface area contributed by atoms with E-state index in [4.69, 9.17) is 4.74 Å². The Bertz CT molecular complexity index is 1020. The number of ether oxygens (including phenoxy) is 1. The Labute approximate surface area is 194 Å². The third-order valence-electron chi connectivity index (χ3n) is 6.39. The van der Waals surface area contributed by atoms with Gasteiger partial charge in [-0.05, 0) is 67.9 Å². The maximum atomic E-state index is 13.5. The molecule has 2 heterocycles. The molecule has 1 amide bonds. The lowest BCUT2D eigenvalue weighted by Crippen LogP contribution is -2.48. The molecular weight excluding hydrogens is 417 g/mol. The second-order valence-corrected chi connectivity index (χ2v) is 8.78. The fourth-order valence-corrected chi connectivity index (χ4v) is 4.14. The molecule has 0 radical (unpaired) electrons. The second-order valence-electron chi connectivity index (χ2n) is 8.78. The predicted molar refractivity (Wildman–Crippen MR) is 126 cm³/mol. The average Bonchev–Trinajstić information content (AvgIpc) is 2.85. The van der Waals surface area contributed by atoms with Gasteiger partial charge < -0.3 is 10.1 Å². The molecule has 4 rings (SSSR count). The zero-order chi connectivity index (χ0) is 23.1. The first-order valence-corrected chi connectivity index (χ1v) is 11.4. The van der Waals surface area contributed by atoms with Crippen molar-refractivity contribution in [1.29, 1.82) is 0 Å². The van der Waals surface area contributed by atoms with Gasteiger partial charge in [-0.15, -0.1) is 0 Å². The second kappa shape index (κ2) is 10.6. The summed E-state index contributed by atoms with van der Waals surface area (Å²) in [6.07, 6.45) is 3.24. The lowest BCUT2D eigenvalue weighted by molar-refractivity contribution is -0.133. The first-order valence-electron chi connectivity index (χ1n) is 11.4. The molecule has 1 saturated heterocycles.